The first-order valence-electron chi connectivity index (χ1n) is 41.0. The Morgan fingerprint density at radius 3 is 1.07 bits per heavy atom. The summed E-state index contributed by atoms with van der Waals surface area (Å²) in [5, 5.41) is 26.4. The standard InChI is InChI=1S/C60H36N4.C52H32N4/c1-2-15-38-32-43(29-28-37(38)14-1)59-48-23-9-11-24-51(48)61-60(62-59)47-30-31-53(45-21-8-7-20-44(45)47)64-55-27-13-26-54(58(55)50-34-40-17-4-6-19-42(40)36-57(50)64)63-52-25-12-10-22-46(52)49-33-39-16-3-5-18-41(39)35-56(49)63;1-2-13-33(14-3-1)51-41-20-8-10-21-44(41)53-52(54-51)34-25-27-39(28-26-34)55-46-23-12-24-47(50(46)43-30-36-16-5-7-18-38(36)32-49(43)55)56-45-22-11-9-19-40(45)42-29-35-15-4-6-17-37(35)31-48(42)56/h1-36H;1-32H. The lowest BCUT2D eigenvalue weighted by molar-refractivity contribution is 1.17. The highest BCUT2D eigenvalue weighted by Gasteiger charge is 2.26. The van der Waals surface area contributed by atoms with Gasteiger partial charge in [0.15, 0.2) is 11.6 Å². The van der Waals surface area contributed by atoms with Crippen LogP contribution >= 0.6 is 0 Å². The third kappa shape index (κ3) is 10.5. The zero-order valence-electron chi connectivity index (χ0n) is 64.8. The third-order valence-corrected chi connectivity index (χ3v) is 24.9. The van der Waals surface area contributed by atoms with Gasteiger partial charge in [0.1, 0.15) is 0 Å². The van der Waals surface area contributed by atoms with E-state index in [1.807, 2.05) is 12.1 Å². The van der Waals surface area contributed by atoms with Crippen LogP contribution in [-0.2, 0) is 0 Å². The molecule has 0 N–H and O–H groups in total. The Bertz CT molecular complexity index is 8810. The minimum absolute atomic E-state index is 0.707. The lowest BCUT2D eigenvalue weighted by atomic mass is 9.99. The number of nitrogens with zero attached hydrogens (tertiary/aromatic N) is 8. The molecular weight excluding hydrogens is 1460 g/mol. The van der Waals surface area contributed by atoms with Crippen LogP contribution in [0.25, 0.3) is 242 Å². The van der Waals surface area contributed by atoms with E-state index in [9.17, 15) is 0 Å². The number of aromatic nitrogens is 8. The maximum Gasteiger partial charge on any atom is 0.161 e. The Morgan fingerprint density at radius 1 is 0.167 bits per heavy atom. The molecule has 26 aromatic rings. The highest BCUT2D eigenvalue weighted by molar-refractivity contribution is 6.23. The lowest BCUT2D eigenvalue weighted by Crippen LogP contribution is -1.99. The summed E-state index contributed by atoms with van der Waals surface area (Å²) in [5.41, 5.74) is 21.8. The molecule has 0 atom stereocenters. The summed E-state index contributed by atoms with van der Waals surface area (Å²) >= 11 is 0. The zero-order valence-corrected chi connectivity index (χ0v) is 64.8. The van der Waals surface area contributed by atoms with Gasteiger partial charge in [-0.3, -0.25) is 0 Å². The van der Waals surface area contributed by atoms with E-state index in [4.69, 9.17) is 19.9 Å². The lowest BCUT2D eigenvalue weighted by Gasteiger charge is -2.16. The van der Waals surface area contributed by atoms with E-state index >= 15 is 0 Å². The molecule has 6 heterocycles. The van der Waals surface area contributed by atoms with Crippen LogP contribution in [0.1, 0.15) is 0 Å². The number of hydrogen-bond acceptors (Lipinski definition) is 4. The Labute approximate surface area is 687 Å². The highest BCUT2D eigenvalue weighted by Crippen LogP contribution is 2.47. The minimum atomic E-state index is 0.707. The van der Waals surface area contributed by atoms with E-state index in [1.165, 1.54) is 125 Å². The fourth-order valence-corrected chi connectivity index (χ4v) is 19.4. The van der Waals surface area contributed by atoms with Crippen molar-refractivity contribution in [1.82, 2.24) is 38.2 Å². The molecule has 0 fully saturated rings. The van der Waals surface area contributed by atoms with Crippen LogP contribution in [0.4, 0.5) is 0 Å². The summed E-state index contributed by atoms with van der Waals surface area (Å²) in [5.74, 6) is 1.42. The van der Waals surface area contributed by atoms with Crippen molar-refractivity contribution in [1.29, 1.82) is 0 Å². The average molecular weight is 1530 g/mol. The van der Waals surface area contributed by atoms with Crippen LogP contribution in [0.5, 0.6) is 0 Å². The van der Waals surface area contributed by atoms with Gasteiger partial charge in [0.05, 0.1) is 83.6 Å². The number of rotatable bonds is 8. The van der Waals surface area contributed by atoms with Crippen LogP contribution in [0.3, 0.4) is 0 Å². The number of fused-ring (bicyclic) bond motifs is 20. The first kappa shape index (κ1) is 67.2. The van der Waals surface area contributed by atoms with Gasteiger partial charge in [-0.05, 0) is 199 Å². The van der Waals surface area contributed by atoms with Crippen molar-refractivity contribution in [3.8, 4) is 68.0 Å². The first-order valence-corrected chi connectivity index (χ1v) is 41.0. The first-order chi connectivity index (χ1) is 59.5. The Morgan fingerprint density at radius 2 is 0.533 bits per heavy atom. The second-order valence-electron chi connectivity index (χ2n) is 31.6. The topological polar surface area (TPSA) is 71.3 Å². The van der Waals surface area contributed by atoms with Gasteiger partial charge in [0.2, 0.25) is 0 Å². The summed E-state index contributed by atoms with van der Waals surface area (Å²) in [4.78, 5) is 20.9. The summed E-state index contributed by atoms with van der Waals surface area (Å²) < 4.78 is 9.87. The fraction of sp³-hybridized carbons (Fsp3) is 0. The van der Waals surface area contributed by atoms with Gasteiger partial charge in [0.25, 0.3) is 0 Å². The molecule has 0 aliphatic heterocycles. The fourth-order valence-electron chi connectivity index (χ4n) is 19.4. The van der Waals surface area contributed by atoms with Crippen LogP contribution in [0.2, 0.25) is 0 Å². The van der Waals surface area contributed by atoms with Gasteiger partial charge in [0, 0.05) is 87.2 Å². The molecule has 556 valence electrons. The van der Waals surface area contributed by atoms with Gasteiger partial charge in [-0.25, -0.2) is 19.9 Å². The zero-order chi connectivity index (χ0) is 78.6. The van der Waals surface area contributed by atoms with Crippen LogP contribution in [0.15, 0.2) is 413 Å². The molecule has 0 bridgehead atoms. The normalized spacial score (nSPS) is 12.0. The van der Waals surface area contributed by atoms with Crippen LogP contribution in [0, 0.1) is 0 Å². The third-order valence-electron chi connectivity index (χ3n) is 24.9. The van der Waals surface area contributed by atoms with Crippen molar-refractivity contribution in [3.05, 3.63) is 413 Å². The molecule has 6 aromatic heterocycles. The maximum absolute atomic E-state index is 5.41. The van der Waals surface area contributed by atoms with Gasteiger partial charge >= 0.3 is 0 Å². The van der Waals surface area contributed by atoms with E-state index in [-0.39, 0.29) is 0 Å². The second-order valence-corrected chi connectivity index (χ2v) is 31.6. The number of hydrogen-bond donors (Lipinski definition) is 0. The Kier molecular flexibility index (Phi) is 15.0. The molecule has 0 aliphatic rings. The van der Waals surface area contributed by atoms with Gasteiger partial charge in [-0.15, -0.1) is 0 Å². The van der Waals surface area contributed by atoms with Crippen molar-refractivity contribution >= 4 is 174 Å². The van der Waals surface area contributed by atoms with Crippen molar-refractivity contribution in [3.63, 3.8) is 0 Å². The predicted molar refractivity (Wildman–Crippen MR) is 503 cm³/mol. The van der Waals surface area contributed by atoms with E-state index in [2.05, 4.69) is 419 Å². The summed E-state index contributed by atoms with van der Waals surface area (Å²) in [7, 11) is 0. The van der Waals surface area contributed by atoms with Gasteiger partial charge in [-0.2, -0.15) is 0 Å². The van der Waals surface area contributed by atoms with E-state index < -0.39 is 0 Å². The monoisotopic (exact) mass is 1520 g/mol. The Hall–Kier alpha value is -16.2. The average Bonchev–Trinajstić information content (AvgIpc) is 1.56. The quantitative estimate of drug-likeness (QED) is 0.152. The van der Waals surface area contributed by atoms with Crippen LogP contribution < -0.4 is 0 Å². The molecule has 0 saturated carbocycles. The summed E-state index contributed by atoms with van der Waals surface area (Å²) in [6.45, 7) is 0. The minimum Gasteiger partial charge on any atom is -0.309 e. The largest absolute Gasteiger partial charge is 0.309 e. The summed E-state index contributed by atoms with van der Waals surface area (Å²) in [6.07, 6.45) is 0. The van der Waals surface area contributed by atoms with E-state index in [0.717, 1.165) is 106 Å². The Balaban J connectivity index is 0.000000134. The smallest absolute Gasteiger partial charge is 0.161 e. The van der Waals surface area contributed by atoms with Crippen LogP contribution in [-0.4, -0.2) is 38.2 Å². The SMILES string of the molecule is c1ccc(-c2nc(-c3ccc(-n4c5cc6ccccc6cc5c5c(-n6c7ccccc7c7cc8ccccc8cc76)cccc54)cc3)nc3ccccc23)cc1.c1ccc2cc(-c3nc(-c4ccc(-n5c6cc7ccccc7cc6c6c(-n7c8ccccc8c8cc9ccccc9cc87)cccc65)c5ccccc45)nc4ccccc34)ccc2c1. The van der Waals surface area contributed by atoms with Gasteiger partial charge in [-0.1, -0.05) is 273 Å². The molecule has 0 radical (unpaired) electrons. The molecule has 120 heavy (non-hydrogen) atoms. The van der Waals surface area contributed by atoms with E-state index in [1.54, 1.807) is 0 Å². The second kappa shape index (κ2) is 26.7. The number of benzene rings is 20. The number of para-hydroxylation sites is 4. The summed E-state index contributed by atoms with van der Waals surface area (Å²) in [6, 6.07) is 149. The van der Waals surface area contributed by atoms with E-state index in [0.29, 0.717) is 11.6 Å². The maximum atomic E-state index is 5.41. The highest BCUT2D eigenvalue weighted by atomic mass is 15.0. The molecule has 8 nitrogen and oxygen atoms in total. The molecule has 20 aromatic carbocycles. The molecule has 26 rings (SSSR count). The van der Waals surface area contributed by atoms with Crippen molar-refractivity contribution < 1.29 is 0 Å². The molecule has 0 spiro atoms. The van der Waals surface area contributed by atoms with Crippen molar-refractivity contribution in [2.45, 2.75) is 0 Å². The predicted octanol–water partition coefficient (Wildman–Crippen LogP) is 29.2. The van der Waals surface area contributed by atoms with Crippen molar-refractivity contribution in [2.24, 2.45) is 0 Å². The molecule has 8 heteroatoms. The molecule has 0 saturated heterocycles. The molecule has 0 unspecified atom stereocenters. The van der Waals surface area contributed by atoms with Crippen molar-refractivity contribution in [2.75, 3.05) is 0 Å². The molecular formula is C112H68N8. The molecule has 0 aliphatic carbocycles. The molecule has 0 amide bonds. The van der Waals surface area contributed by atoms with Gasteiger partial charge < -0.3 is 18.3 Å².